The van der Waals surface area contributed by atoms with Crippen LogP contribution in [0.5, 0.6) is 0 Å². The molecule has 0 spiro atoms. The third-order valence-electron chi connectivity index (χ3n) is 6.08. The molecule has 188 valence electrons. The van der Waals surface area contributed by atoms with Crippen LogP contribution >= 0.6 is 11.3 Å². The minimum atomic E-state index is -3.57. The Kier molecular flexibility index (Phi) is 7.12. The molecule has 4 aromatic rings. The van der Waals surface area contributed by atoms with Crippen molar-refractivity contribution >= 4 is 43.2 Å². The lowest BCUT2D eigenvalue weighted by molar-refractivity contribution is -0.119. The number of aromatic nitrogens is 2. The summed E-state index contributed by atoms with van der Waals surface area (Å²) in [4.78, 5) is 33.1. The van der Waals surface area contributed by atoms with E-state index in [0.717, 1.165) is 25.9 Å². The van der Waals surface area contributed by atoms with Crippen molar-refractivity contribution in [3.05, 3.63) is 75.7 Å². The van der Waals surface area contributed by atoms with Gasteiger partial charge in [0.1, 0.15) is 10.9 Å². The van der Waals surface area contributed by atoms with E-state index in [1.807, 2.05) is 45.0 Å². The number of aryl methyl sites for hydroxylation is 2. The molecule has 0 aliphatic carbocycles. The molecule has 0 fully saturated rings. The normalized spacial score (nSPS) is 12.7. The van der Waals surface area contributed by atoms with Crippen LogP contribution in [0, 0.1) is 13.8 Å². The second-order valence-corrected chi connectivity index (χ2v) is 12.1. The summed E-state index contributed by atoms with van der Waals surface area (Å²) in [7, 11) is -0.658. The lowest BCUT2D eigenvalue weighted by Crippen LogP contribution is -2.33. The number of carbonyl (C=O) groups is 1. The van der Waals surface area contributed by atoms with Crippen LogP contribution in [-0.4, -0.2) is 42.3 Å². The molecule has 8 nitrogen and oxygen atoms in total. The van der Waals surface area contributed by atoms with Gasteiger partial charge in [-0.05, 0) is 50.1 Å². The van der Waals surface area contributed by atoms with Gasteiger partial charge in [-0.2, -0.15) is 0 Å². The van der Waals surface area contributed by atoms with E-state index in [1.54, 1.807) is 0 Å². The zero-order valence-electron chi connectivity index (χ0n) is 20.8. The lowest BCUT2D eigenvalue weighted by Gasteiger charge is -2.18. The number of hydrogen-bond acceptors (Lipinski definition) is 6. The standard InChI is InChI=1S/C26H28N4O4S2/c1-6-21(24(31)28-19-11-13-20(14-12-19)36(33,34)29(4)5)30-15-27-25-23(26(30)32)22(17(3)35-25)18-9-7-16(2)8-10-18/h7-15,21H,6H2,1-5H3,(H,28,31). The van der Waals surface area contributed by atoms with Crippen LogP contribution in [0.4, 0.5) is 5.69 Å². The smallest absolute Gasteiger partial charge is 0.263 e. The van der Waals surface area contributed by atoms with Crippen LogP contribution in [0.25, 0.3) is 21.3 Å². The second kappa shape index (κ2) is 9.96. The molecule has 1 unspecified atom stereocenters. The predicted octanol–water partition coefficient (Wildman–Crippen LogP) is 4.58. The van der Waals surface area contributed by atoms with Gasteiger partial charge in [-0.15, -0.1) is 11.3 Å². The molecule has 0 radical (unpaired) electrons. The molecule has 2 aromatic heterocycles. The zero-order chi connectivity index (χ0) is 26.2. The fourth-order valence-corrected chi connectivity index (χ4v) is 5.97. The van der Waals surface area contributed by atoms with Crippen molar-refractivity contribution < 1.29 is 13.2 Å². The number of fused-ring (bicyclic) bond motifs is 1. The van der Waals surface area contributed by atoms with Crippen molar-refractivity contribution in [2.45, 2.75) is 38.1 Å². The first kappa shape index (κ1) is 25.7. The van der Waals surface area contributed by atoms with E-state index < -0.39 is 16.1 Å². The minimum Gasteiger partial charge on any atom is -0.324 e. The van der Waals surface area contributed by atoms with Gasteiger partial charge < -0.3 is 5.32 Å². The number of benzene rings is 2. The third-order valence-corrected chi connectivity index (χ3v) is 8.92. The zero-order valence-corrected chi connectivity index (χ0v) is 22.4. The van der Waals surface area contributed by atoms with E-state index in [4.69, 9.17) is 0 Å². The number of rotatable bonds is 7. The highest BCUT2D eigenvalue weighted by molar-refractivity contribution is 7.89. The topological polar surface area (TPSA) is 101 Å². The number of nitrogens with one attached hydrogen (secondary N) is 1. The molecular weight excluding hydrogens is 496 g/mol. The van der Waals surface area contributed by atoms with Crippen LogP contribution in [0.1, 0.15) is 29.8 Å². The van der Waals surface area contributed by atoms with Crippen molar-refractivity contribution in [2.75, 3.05) is 19.4 Å². The summed E-state index contributed by atoms with van der Waals surface area (Å²) in [6.45, 7) is 5.80. The SMILES string of the molecule is CCC(C(=O)Nc1ccc(S(=O)(=O)N(C)C)cc1)n1cnc2sc(C)c(-c3ccc(C)cc3)c2c1=O. The number of thiophene rings is 1. The van der Waals surface area contributed by atoms with E-state index >= 15 is 0 Å². The second-order valence-electron chi connectivity index (χ2n) is 8.76. The molecular formula is C26H28N4O4S2. The monoisotopic (exact) mass is 524 g/mol. The number of hydrogen-bond donors (Lipinski definition) is 1. The number of sulfonamides is 1. The average Bonchev–Trinajstić information content (AvgIpc) is 3.18. The highest BCUT2D eigenvalue weighted by Gasteiger charge is 2.24. The summed E-state index contributed by atoms with van der Waals surface area (Å²) >= 11 is 1.46. The summed E-state index contributed by atoms with van der Waals surface area (Å²) in [6, 6.07) is 13.1. The van der Waals surface area contributed by atoms with Gasteiger partial charge in [0.15, 0.2) is 0 Å². The minimum absolute atomic E-state index is 0.125. The molecule has 0 aliphatic heterocycles. The Labute approximate surface area is 214 Å². The number of anilines is 1. The van der Waals surface area contributed by atoms with Crippen LogP contribution in [0.2, 0.25) is 0 Å². The molecule has 0 saturated heterocycles. The molecule has 10 heteroatoms. The van der Waals surface area contributed by atoms with E-state index in [2.05, 4.69) is 10.3 Å². The van der Waals surface area contributed by atoms with Gasteiger partial charge in [0.25, 0.3) is 5.56 Å². The number of carbonyl (C=O) groups excluding carboxylic acids is 1. The van der Waals surface area contributed by atoms with Crippen molar-refractivity contribution in [1.29, 1.82) is 0 Å². The Bertz CT molecular complexity index is 1590. The maximum absolute atomic E-state index is 13.7. The summed E-state index contributed by atoms with van der Waals surface area (Å²) in [5, 5.41) is 3.31. The lowest BCUT2D eigenvalue weighted by atomic mass is 10.0. The van der Waals surface area contributed by atoms with Gasteiger partial charge in [0, 0.05) is 30.2 Å². The van der Waals surface area contributed by atoms with Gasteiger partial charge in [-0.1, -0.05) is 36.8 Å². The first-order valence-corrected chi connectivity index (χ1v) is 13.7. The van der Waals surface area contributed by atoms with Crippen LogP contribution in [0.15, 0.2) is 64.5 Å². The number of nitrogens with zero attached hydrogens (tertiary/aromatic N) is 3. The first-order valence-electron chi connectivity index (χ1n) is 11.4. The maximum Gasteiger partial charge on any atom is 0.263 e. The van der Waals surface area contributed by atoms with Crippen LogP contribution in [0.3, 0.4) is 0 Å². The number of amides is 1. The summed E-state index contributed by atoms with van der Waals surface area (Å²) in [5.74, 6) is -0.382. The maximum atomic E-state index is 13.7. The van der Waals surface area contributed by atoms with Gasteiger partial charge >= 0.3 is 0 Å². The molecule has 0 bridgehead atoms. The van der Waals surface area contributed by atoms with Gasteiger partial charge in [0.2, 0.25) is 15.9 Å². The fourth-order valence-electron chi connectivity index (χ4n) is 4.06. The Morgan fingerprint density at radius 1 is 1.08 bits per heavy atom. The molecule has 1 atom stereocenters. The quantitative estimate of drug-likeness (QED) is 0.381. The molecule has 1 amide bonds. The van der Waals surface area contributed by atoms with E-state index in [0.29, 0.717) is 22.3 Å². The van der Waals surface area contributed by atoms with Crippen molar-refractivity contribution in [3.8, 4) is 11.1 Å². The highest BCUT2D eigenvalue weighted by Crippen LogP contribution is 2.35. The fraction of sp³-hybridized carbons (Fsp3) is 0.269. The molecule has 2 heterocycles. The predicted molar refractivity (Wildman–Crippen MR) is 144 cm³/mol. The van der Waals surface area contributed by atoms with Crippen LogP contribution < -0.4 is 10.9 Å². The molecule has 0 aliphatic rings. The Morgan fingerprint density at radius 2 is 1.72 bits per heavy atom. The van der Waals surface area contributed by atoms with Gasteiger partial charge in [-0.25, -0.2) is 17.7 Å². The van der Waals surface area contributed by atoms with Gasteiger partial charge in [-0.3, -0.25) is 14.2 Å². The molecule has 2 aromatic carbocycles. The Morgan fingerprint density at radius 3 is 2.31 bits per heavy atom. The van der Waals surface area contributed by atoms with Gasteiger partial charge in [0.05, 0.1) is 16.6 Å². The highest BCUT2D eigenvalue weighted by atomic mass is 32.2. The first-order chi connectivity index (χ1) is 17.0. The average molecular weight is 525 g/mol. The molecule has 4 rings (SSSR count). The Hall–Kier alpha value is -3.34. The largest absolute Gasteiger partial charge is 0.324 e. The molecule has 36 heavy (non-hydrogen) atoms. The van der Waals surface area contributed by atoms with E-state index in [9.17, 15) is 18.0 Å². The third kappa shape index (κ3) is 4.71. The van der Waals surface area contributed by atoms with Crippen LogP contribution in [-0.2, 0) is 14.8 Å². The molecule has 0 saturated carbocycles. The van der Waals surface area contributed by atoms with E-state index in [-0.39, 0.29) is 16.4 Å². The van der Waals surface area contributed by atoms with Crippen molar-refractivity contribution in [1.82, 2.24) is 13.9 Å². The van der Waals surface area contributed by atoms with E-state index in [1.165, 1.54) is 60.6 Å². The summed E-state index contributed by atoms with van der Waals surface area (Å²) in [6.07, 6.45) is 1.80. The van der Waals surface area contributed by atoms with Crippen molar-refractivity contribution in [3.63, 3.8) is 0 Å². The summed E-state index contributed by atoms with van der Waals surface area (Å²) < 4.78 is 27.1. The summed E-state index contributed by atoms with van der Waals surface area (Å²) in [5.41, 5.74) is 3.07. The van der Waals surface area contributed by atoms with Crippen molar-refractivity contribution in [2.24, 2.45) is 0 Å². The Balaban J connectivity index is 1.68. The molecule has 1 N–H and O–H groups in total.